The van der Waals surface area contributed by atoms with Crippen LogP contribution in [-0.2, 0) is 4.79 Å². The van der Waals surface area contributed by atoms with Gasteiger partial charge in [0.25, 0.3) is 0 Å². The van der Waals surface area contributed by atoms with Crippen LogP contribution in [0.25, 0.3) is 0 Å². The molecule has 0 aliphatic heterocycles. The zero-order valence-electron chi connectivity index (χ0n) is 9.69. The predicted molar refractivity (Wildman–Crippen MR) is 64.7 cm³/mol. The quantitative estimate of drug-likeness (QED) is 0.734. The van der Waals surface area contributed by atoms with Gasteiger partial charge in [0, 0.05) is 17.8 Å². The van der Waals surface area contributed by atoms with Gasteiger partial charge in [-0.2, -0.15) is 0 Å². The molecule has 0 heterocycles. The molecule has 1 amide bonds. The van der Waals surface area contributed by atoms with E-state index in [-0.39, 0.29) is 17.2 Å². The molecule has 84 valence electrons. The highest BCUT2D eigenvalue weighted by Gasteiger charge is 2.19. The lowest BCUT2D eigenvalue weighted by Crippen LogP contribution is -2.37. The molecule has 0 aliphatic carbocycles. The molecule has 0 aromatic heterocycles. The van der Waals surface area contributed by atoms with Crippen molar-refractivity contribution in [2.24, 2.45) is 11.3 Å². The van der Waals surface area contributed by atoms with Crippen LogP contribution in [0.2, 0.25) is 0 Å². The van der Waals surface area contributed by atoms with Crippen molar-refractivity contribution in [3.8, 4) is 0 Å². The first-order valence-electron chi connectivity index (χ1n) is 5.26. The van der Waals surface area contributed by atoms with E-state index >= 15 is 0 Å². The number of carbonyl (C=O) groups is 1. The summed E-state index contributed by atoms with van der Waals surface area (Å²) in [7, 11) is 0. The highest BCUT2D eigenvalue weighted by molar-refractivity contribution is 9.09. The van der Waals surface area contributed by atoms with Gasteiger partial charge in [0.1, 0.15) is 0 Å². The Morgan fingerprint density at radius 3 is 2.50 bits per heavy atom. The molecule has 2 nitrogen and oxygen atoms in total. The molecule has 0 rings (SSSR count). The Bertz CT molecular complexity index is 180. The topological polar surface area (TPSA) is 29.1 Å². The molecule has 0 radical (unpaired) electrons. The van der Waals surface area contributed by atoms with Crippen molar-refractivity contribution in [3.63, 3.8) is 0 Å². The second kappa shape index (κ2) is 6.44. The van der Waals surface area contributed by atoms with Gasteiger partial charge < -0.3 is 5.32 Å². The molecule has 14 heavy (non-hydrogen) atoms. The third-order valence-corrected chi connectivity index (χ3v) is 2.97. The van der Waals surface area contributed by atoms with Gasteiger partial charge in [-0.05, 0) is 18.3 Å². The number of hydrogen-bond acceptors (Lipinski definition) is 1. The molecule has 1 atom stereocenters. The van der Waals surface area contributed by atoms with Gasteiger partial charge in [-0.1, -0.05) is 43.6 Å². The Hall–Kier alpha value is -0.0500. The van der Waals surface area contributed by atoms with Gasteiger partial charge in [-0.15, -0.1) is 0 Å². The minimum absolute atomic E-state index is 0.134. The number of alkyl halides is 1. The summed E-state index contributed by atoms with van der Waals surface area (Å²) in [6, 6.07) is 0. The molecule has 1 unspecified atom stereocenters. The average Bonchev–Trinajstić information content (AvgIpc) is 2.13. The van der Waals surface area contributed by atoms with Crippen LogP contribution in [-0.4, -0.2) is 17.8 Å². The fraction of sp³-hybridized carbons (Fsp3) is 0.909. The summed E-state index contributed by atoms with van der Waals surface area (Å²) < 4.78 is 0. The maximum atomic E-state index is 11.5. The number of nitrogens with one attached hydrogen (secondary N) is 1. The Balaban J connectivity index is 3.87. The van der Waals surface area contributed by atoms with E-state index in [1.807, 2.05) is 13.8 Å². The maximum absolute atomic E-state index is 11.5. The van der Waals surface area contributed by atoms with Gasteiger partial charge in [0.15, 0.2) is 0 Å². The summed E-state index contributed by atoms with van der Waals surface area (Å²) in [5.41, 5.74) is 0.187. The molecule has 0 bridgehead atoms. The van der Waals surface area contributed by atoms with Crippen LogP contribution in [0.5, 0.6) is 0 Å². The van der Waals surface area contributed by atoms with E-state index in [0.717, 1.165) is 24.7 Å². The van der Waals surface area contributed by atoms with E-state index in [0.29, 0.717) is 0 Å². The van der Waals surface area contributed by atoms with E-state index in [1.165, 1.54) is 0 Å². The number of halogens is 1. The zero-order chi connectivity index (χ0) is 11.2. The third-order valence-electron chi connectivity index (χ3n) is 2.57. The van der Waals surface area contributed by atoms with Gasteiger partial charge in [-0.3, -0.25) is 4.79 Å². The van der Waals surface area contributed by atoms with Crippen molar-refractivity contribution in [1.82, 2.24) is 5.32 Å². The first-order chi connectivity index (χ1) is 6.43. The largest absolute Gasteiger partial charge is 0.355 e. The fourth-order valence-electron chi connectivity index (χ4n) is 1.03. The minimum Gasteiger partial charge on any atom is -0.355 e. The van der Waals surface area contributed by atoms with E-state index in [9.17, 15) is 4.79 Å². The summed E-state index contributed by atoms with van der Waals surface area (Å²) in [5, 5.41) is 3.98. The predicted octanol–water partition coefficient (Wildman–Crippen LogP) is 2.96. The van der Waals surface area contributed by atoms with Crippen molar-refractivity contribution >= 4 is 21.8 Å². The summed E-state index contributed by atoms with van der Waals surface area (Å²) in [6.07, 6.45) is 1.98. The molecule has 0 saturated heterocycles. The van der Waals surface area contributed by atoms with Crippen molar-refractivity contribution in [3.05, 3.63) is 0 Å². The van der Waals surface area contributed by atoms with Crippen molar-refractivity contribution in [1.29, 1.82) is 0 Å². The van der Waals surface area contributed by atoms with E-state index in [4.69, 9.17) is 0 Å². The molecule has 0 fully saturated rings. The lowest BCUT2D eigenvalue weighted by Gasteiger charge is -2.24. The number of carbonyl (C=O) groups excluding carboxylic acids is 1. The molecule has 3 heteroatoms. The smallest absolute Gasteiger partial charge is 0.222 e. The Kier molecular flexibility index (Phi) is 6.41. The van der Waals surface area contributed by atoms with Crippen LogP contribution in [0.1, 0.15) is 40.5 Å². The first kappa shape index (κ1) is 13.9. The van der Waals surface area contributed by atoms with Crippen LogP contribution in [0, 0.1) is 11.3 Å². The SMILES string of the molecule is CCC(C)C(=O)NCC(C)(C)CCBr. The van der Waals surface area contributed by atoms with Gasteiger partial charge in [0.2, 0.25) is 5.91 Å². The van der Waals surface area contributed by atoms with E-state index in [1.54, 1.807) is 0 Å². The normalized spacial score (nSPS) is 13.8. The highest BCUT2D eigenvalue weighted by Crippen LogP contribution is 2.20. The van der Waals surface area contributed by atoms with Crippen LogP contribution < -0.4 is 5.32 Å². The number of amides is 1. The fourth-order valence-corrected chi connectivity index (χ4v) is 2.10. The molecule has 0 spiro atoms. The maximum Gasteiger partial charge on any atom is 0.222 e. The second-order valence-electron chi connectivity index (χ2n) is 4.63. The molecular formula is C11H22BrNO. The Morgan fingerprint density at radius 2 is 2.07 bits per heavy atom. The monoisotopic (exact) mass is 263 g/mol. The first-order valence-corrected chi connectivity index (χ1v) is 6.38. The minimum atomic E-state index is 0.134. The molecular weight excluding hydrogens is 242 g/mol. The van der Waals surface area contributed by atoms with Gasteiger partial charge in [0.05, 0.1) is 0 Å². The lowest BCUT2D eigenvalue weighted by molar-refractivity contribution is -0.125. The average molecular weight is 264 g/mol. The van der Waals surface area contributed by atoms with Gasteiger partial charge in [-0.25, -0.2) is 0 Å². The summed E-state index contributed by atoms with van der Waals surface area (Å²) in [6.45, 7) is 9.11. The number of hydrogen-bond donors (Lipinski definition) is 1. The second-order valence-corrected chi connectivity index (χ2v) is 5.42. The summed E-state index contributed by atoms with van der Waals surface area (Å²) >= 11 is 3.42. The van der Waals surface area contributed by atoms with E-state index in [2.05, 4.69) is 35.1 Å². The number of rotatable bonds is 6. The van der Waals surface area contributed by atoms with Crippen molar-refractivity contribution < 1.29 is 4.79 Å². The molecule has 0 aromatic rings. The Labute approximate surface area is 96.0 Å². The van der Waals surface area contributed by atoms with Gasteiger partial charge >= 0.3 is 0 Å². The van der Waals surface area contributed by atoms with Crippen molar-refractivity contribution in [2.45, 2.75) is 40.5 Å². The van der Waals surface area contributed by atoms with Crippen LogP contribution in [0.15, 0.2) is 0 Å². The Morgan fingerprint density at radius 1 is 1.50 bits per heavy atom. The molecule has 0 saturated carbocycles. The summed E-state index contributed by atoms with van der Waals surface area (Å²) in [4.78, 5) is 11.5. The van der Waals surface area contributed by atoms with Crippen LogP contribution >= 0.6 is 15.9 Å². The summed E-state index contributed by atoms with van der Waals surface area (Å²) in [5.74, 6) is 0.310. The molecule has 0 aromatic carbocycles. The van der Waals surface area contributed by atoms with Crippen LogP contribution in [0.4, 0.5) is 0 Å². The van der Waals surface area contributed by atoms with Crippen molar-refractivity contribution in [2.75, 3.05) is 11.9 Å². The highest BCUT2D eigenvalue weighted by atomic mass is 79.9. The lowest BCUT2D eigenvalue weighted by atomic mass is 9.90. The zero-order valence-corrected chi connectivity index (χ0v) is 11.3. The molecule has 1 N–H and O–H groups in total. The molecule has 0 aliphatic rings. The van der Waals surface area contributed by atoms with E-state index < -0.39 is 0 Å². The van der Waals surface area contributed by atoms with Crippen LogP contribution in [0.3, 0.4) is 0 Å². The standard InChI is InChI=1S/C11H22BrNO/c1-5-9(2)10(14)13-8-11(3,4)6-7-12/h9H,5-8H2,1-4H3,(H,13,14). The third kappa shape index (κ3) is 5.63.